The number of hydrogen-bond donors (Lipinski definition) is 1. The Morgan fingerprint density at radius 3 is 2.28 bits per heavy atom. The zero-order chi connectivity index (χ0) is 13.0. The second-order valence-electron chi connectivity index (χ2n) is 3.74. The number of hydrogen-bond acceptors (Lipinski definition) is 1. The molecule has 0 aromatic heterocycles. The van der Waals surface area contributed by atoms with E-state index in [4.69, 9.17) is 5.11 Å². The highest BCUT2D eigenvalue weighted by atomic mass is 19.1. The summed E-state index contributed by atoms with van der Waals surface area (Å²) in [4.78, 5) is 10.5. The molecule has 0 aliphatic rings. The van der Waals surface area contributed by atoms with Gasteiger partial charge in [-0.1, -0.05) is 42.5 Å². The minimum absolute atomic E-state index is 0.325. The maximum Gasteiger partial charge on any atom is 0.328 e. The lowest BCUT2D eigenvalue weighted by atomic mass is 9.99. The Labute approximate surface area is 104 Å². The molecule has 2 nitrogen and oxygen atoms in total. The Morgan fingerprint density at radius 2 is 1.61 bits per heavy atom. The van der Waals surface area contributed by atoms with E-state index in [1.165, 1.54) is 12.1 Å². The Kier molecular flexibility index (Phi) is 3.53. The monoisotopic (exact) mass is 242 g/mol. The largest absolute Gasteiger partial charge is 0.478 e. The molecular weight excluding hydrogens is 231 g/mol. The van der Waals surface area contributed by atoms with Gasteiger partial charge < -0.3 is 5.11 Å². The summed E-state index contributed by atoms with van der Waals surface area (Å²) in [5.41, 5.74) is 1.81. The van der Waals surface area contributed by atoms with Gasteiger partial charge in [0.2, 0.25) is 0 Å². The van der Waals surface area contributed by atoms with Gasteiger partial charge in [-0.25, -0.2) is 9.18 Å². The van der Waals surface area contributed by atoms with Crippen molar-refractivity contribution in [3.63, 3.8) is 0 Å². The van der Waals surface area contributed by atoms with Gasteiger partial charge in [0.1, 0.15) is 5.82 Å². The molecule has 90 valence electrons. The van der Waals surface area contributed by atoms with Crippen molar-refractivity contribution < 1.29 is 14.3 Å². The molecule has 1 N–H and O–H groups in total. The summed E-state index contributed by atoms with van der Waals surface area (Å²) in [7, 11) is 0. The van der Waals surface area contributed by atoms with Crippen LogP contribution in [0.4, 0.5) is 4.39 Å². The molecule has 0 atom stereocenters. The van der Waals surface area contributed by atoms with Crippen molar-refractivity contribution in [3.8, 4) is 11.1 Å². The highest BCUT2D eigenvalue weighted by molar-refractivity contribution is 5.87. The van der Waals surface area contributed by atoms with Gasteiger partial charge >= 0.3 is 5.97 Å². The SMILES string of the molecule is O=C(O)C=Cc1ccccc1-c1ccccc1F. The quantitative estimate of drug-likeness (QED) is 0.835. The van der Waals surface area contributed by atoms with Gasteiger partial charge in [-0.05, 0) is 23.3 Å². The molecule has 18 heavy (non-hydrogen) atoms. The first-order valence-corrected chi connectivity index (χ1v) is 5.43. The van der Waals surface area contributed by atoms with E-state index in [2.05, 4.69) is 0 Å². The smallest absolute Gasteiger partial charge is 0.328 e. The minimum atomic E-state index is -1.03. The zero-order valence-electron chi connectivity index (χ0n) is 9.51. The summed E-state index contributed by atoms with van der Waals surface area (Å²) < 4.78 is 13.7. The van der Waals surface area contributed by atoms with E-state index in [1.807, 2.05) is 0 Å². The van der Waals surface area contributed by atoms with Crippen molar-refractivity contribution in [1.82, 2.24) is 0 Å². The molecule has 0 heterocycles. The van der Waals surface area contributed by atoms with E-state index in [0.29, 0.717) is 16.7 Å². The summed E-state index contributed by atoms with van der Waals surface area (Å²) in [6.45, 7) is 0. The van der Waals surface area contributed by atoms with E-state index in [-0.39, 0.29) is 5.82 Å². The molecule has 0 unspecified atom stereocenters. The second-order valence-corrected chi connectivity index (χ2v) is 3.74. The molecule has 0 saturated heterocycles. The van der Waals surface area contributed by atoms with Crippen molar-refractivity contribution in [2.75, 3.05) is 0 Å². The number of aliphatic carboxylic acids is 1. The number of rotatable bonds is 3. The lowest BCUT2D eigenvalue weighted by molar-refractivity contribution is -0.131. The average molecular weight is 242 g/mol. The summed E-state index contributed by atoms with van der Waals surface area (Å²) in [5.74, 6) is -1.35. The topological polar surface area (TPSA) is 37.3 Å². The summed E-state index contributed by atoms with van der Waals surface area (Å²) in [5, 5.41) is 8.63. The molecule has 2 rings (SSSR count). The summed E-state index contributed by atoms with van der Waals surface area (Å²) in [6, 6.07) is 13.5. The van der Waals surface area contributed by atoms with E-state index in [1.54, 1.807) is 42.5 Å². The number of carboxylic acids is 1. The summed E-state index contributed by atoms with van der Waals surface area (Å²) in [6.07, 6.45) is 2.50. The van der Waals surface area contributed by atoms with Crippen molar-refractivity contribution in [2.24, 2.45) is 0 Å². The van der Waals surface area contributed by atoms with Crippen LogP contribution in [0.3, 0.4) is 0 Å². The molecule has 0 bridgehead atoms. The van der Waals surface area contributed by atoms with Crippen LogP contribution in [0.1, 0.15) is 5.56 Å². The van der Waals surface area contributed by atoms with Crippen LogP contribution in [0.25, 0.3) is 17.2 Å². The predicted molar refractivity (Wildman–Crippen MR) is 68.5 cm³/mol. The van der Waals surface area contributed by atoms with Crippen LogP contribution < -0.4 is 0 Å². The van der Waals surface area contributed by atoms with Crippen LogP contribution in [0.5, 0.6) is 0 Å². The molecule has 2 aromatic rings. The van der Waals surface area contributed by atoms with Crippen molar-refractivity contribution in [3.05, 3.63) is 66.0 Å². The molecule has 0 radical (unpaired) electrons. The van der Waals surface area contributed by atoms with Gasteiger partial charge in [0.25, 0.3) is 0 Å². The number of carbonyl (C=O) groups is 1. The van der Waals surface area contributed by atoms with Gasteiger partial charge in [0, 0.05) is 11.6 Å². The normalized spacial score (nSPS) is 10.7. The molecular formula is C15H11FO2. The minimum Gasteiger partial charge on any atom is -0.478 e. The maximum absolute atomic E-state index is 13.7. The van der Waals surface area contributed by atoms with Crippen molar-refractivity contribution >= 4 is 12.0 Å². The van der Waals surface area contributed by atoms with Gasteiger partial charge in [-0.2, -0.15) is 0 Å². The third-order valence-corrected chi connectivity index (χ3v) is 2.53. The highest BCUT2D eigenvalue weighted by Gasteiger charge is 2.06. The van der Waals surface area contributed by atoms with E-state index in [0.717, 1.165) is 6.08 Å². The maximum atomic E-state index is 13.7. The zero-order valence-corrected chi connectivity index (χ0v) is 9.51. The van der Waals surface area contributed by atoms with Crippen LogP contribution in [0.2, 0.25) is 0 Å². The Morgan fingerprint density at radius 1 is 1.00 bits per heavy atom. The fraction of sp³-hybridized carbons (Fsp3) is 0. The fourth-order valence-electron chi connectivity index (χ4n) is 1.73. The lowest BCUT2D eigenvalue weighted by Gasteiger charge is -2.07. The van der Waals surface area contributed by atoms with Crippen molar-refractivity contribution in [2.45, 2.75) is 0 Å². The molecule has 3 heteroatoms. The molecule has 0 fully saturated rings. The van der Waals surface area contributed by atoms with Crippen LogP contribution in [-0.4, -0.2) is 11.1 Å². The van der Waals surface area contributed by atoms with Gasteiger partial charge in [0.05, 0.1) is 0 Å². The molecule has 0 aliphatic carbocycles. The molecule has 0 spiro atoms. The third-order valence-electron chi connectivity index (χ3n) is 2.53. The Hall–Kier alpha value is -2.42. The van der Waals surface area contributed by atoms with Crippen molar-refractivity contribution in [1.29, 1.82) is 0 Å². The van der Waals surface area contributed by atoms with Crippen LogP contribution in [0, 0.1) is 5.82 Å². The number of benzene rings is 2. The number of halogens is 1. The molecule has 0 saturated carbocycles. The van der Waals surface area contributed by atoms with E-state index >= 15 is 0 Å². The molecule has 2 aromatic carbocycles. The standard InChI is InChI=1S/C15H11FO2/c16-14-8-4-3-7-13(14)12-6-2-1-5-11(12)9-10-15(17)18/h1-10H,(H,17,18). The van der Waals surface area contributed by atoms with E-state index < -0.39 is 5.97 Å². The third kappa shape index (κ3) is 2.63. The van der Waals surface area contributed by atoms with Crippen LogP contribution in [-0.2, 0) is 4.79 Å². The van der Waals surface area contributed by atoms with E-state index in [9.17, 15) is 9.18 Å². The molecule has 0 aliphatic heterocycles. The second kappa shape index (κ2) is 5.27. The Balaban J connectivity index is 2.52. The Bertz CT molecular complexity index is 603. The molecule has 0 amide bonds. The van der Waals surface area contributed by atoms with Crippen LogP contribution >= 0.6 is 0 Å². The first-order valence-electron chi connectivity index (χ1n) is 5.43. The fourth-order valence-corrected chi connectivity index (χ4v) is 1.73. The number of carboxylic acid groups (broad SMARTS) is 1. The van der Waals surface area contributed by atoms with Crippen LogP contribution in [0.15, 0.2) is 54.6 Å². The average Bonchev–Trinajstić information content (AvgIpc) is 2.37. The lowest BCUT2D eigenvalue weighted by Crippen LogP contribution is -1.89. The van der Waals surface area contributed by atoms with Gasteiger partial charge in [-0.15, -0.1) is 0 Å². The van der Waals surface area contributed by atoms with Gasteiger partial charge in [-0.3, -0.25) is 0 Å². The predicted octanol–water partition coefficient (Wildman–Crippen LogP) is 3.59. The highest BCUT2D eigenvalue weighted by Crippen LogP contribution is 2.26. The first-order chi connectivity index (χ1) is 8.68. The summed E-state index contributed by atoms with van der Waals surface area (Å²) >= 11 is 0. The van der Waals surface area contributed by atoms with Gasteiger partial charge in [0.15, 0.2) is 0 Å². The first kappa shape index (κ1) is 12.0.